The van der Waals surface area contributed by atoms with E-state index in [2.05, 4.69) is 23.8 Å². The number of hydrogen-bond donors (Lipinski definition) is 3. The van der Waals surface area contributed by atoms with Gasteiger partial charge in [-0.15, -0.1) is 0 Å². The Kier molecular flexibility index (Phi) is 30.4. The Morgan fingerprint density at radius 2 is 1.00 bits per heavy atom. The highest BCUT2D eigenvalue weighted by atomic mass is 16.7. The highest BCUT2D eigenvalue weighted by molar-refractivity contribution is 6.39. The van der Waals surface area contributed by atoms with Crippen LogP contribution in [0.25, 0.3) is 5.76 Å². The average Bonchev–Trinajstić information content (AvgIpc) is 1.73. The van der Waals surface area contributed by atoms with Crippen molar-refractivity contribution in [3.05, 3.63) is 278 Å². The first-order valence-corrected chi connectivity index (χ1v) is 30.6. The van der Waals surface area contributed by atoms with E-state index in [-0.39, 0.29) is 65.2 Å². The number of carbonyl (C=O) groups excluding carboxylic acids is 5. The van der Waals surface area contributed by atoms with Crippen LogP contribution in [0.2, 0.25) is 0 Å². The summed E-state index contributed by atoms with van der Waals surface area (Å²) in [6.45, 7) is 19.4. The Bertz CT molecular complexity index is 4100. The van der Waals surface area contributed by atoms with E-state index in [1.807, 2.05) is 152 Å². The fourth-order valence-corrected chi connectivity index (χ4v) is 10.2. The number of ether oxygens (including phenoxy) is 5. The monoisotopic (exact) mass is 1350 g/mol. The Morgan fingerprint density at radius 3 is 1.43 bits per heavy atom. The van der Waals surface area contributed by atoms with Gasteiger partial charge in [-0.25, -0.2) is 4.79 Å². The van der Waals surface area contributed by atoms with Crippen LogP contribution in [0, 0.1) is 27.7 Å². The van der Waals surface area contributed by atoms with Gasteiger partial charge in [-0.1, -0.05) is 127 Å². The van der Waals surface area contributed by atoms with E-state index < -0.39 is 52.6 Å². The summed E-state index contributed by atoms with van der Waals surface area (Å²) in [5, 5.41) is 30.3. The summed E-state index contributed by atoms with van der Waals surface area (Å²) in [6, 6.07) is 49.1. The maximum Gasteiger partial charge on any atom is 0.378 e. The molecule has 1 unspecified atom stereocenters. The van der Waals surface area contributed by atoms with E-state index in [1.165, 1.54) is 23.0 Å². The van der Waals surface area contributed by atoms with E-state index in [1.54, 1.807) is 48.7 Å². The van der Waals surface area contributed by atoms with Crippen LogP contribution < -0.4 is 0 Å². The number of furan rings is 5. The van der Waals surface area contributed by atoms with E-state index >= 15 is 0 Å². The second-order valence-electron chi connectivity index (χ2n) is 23.0. The maximum atomic E-state index is 12.6. The van der Waals surface area contributed by atoms with Crippen LogP contribution in [0.1, 0.15) is 176 Å². The number of hydrogen-bond acceptors (Lipinski definition) is 18. The minimum atomic E-state index is -1.04. The summed E-state index contributed by atoms with van der Waals surface area (Å²) in [6.07, 6.45) is 3.51. The molecule has 0 aliphatic carbocycles. The van der Waals surface area contributed by atoms with Crippen molar-refractivity contribution in [2.24, 2.45) is 0 Å². The molecule has 0 spiro atoms. The van der Waals surface area contributed by atoms with Crippen LogP contribution >= 0.6 is 0 Å². The van der Waals surface area contributed by atoms with Gasteiger partial charge >= 0.3 is 5.97 Å². The van der Waals surface area contributed by atoms with Gasteiger partial charge in [0.05, 0.1) is 51.9 Å². The number of aliphatic hydroxyl groups excluding tert-OH is 3. The summed E-state index contributed by atoms with van der Waals surface area (Å²) in [5.74, 6) is -0.692. The van der Waals surface area contributed by atoms with Gasteiger partial charge in [0.2, 0.25) is 17.4 Å². The normalized spacial score (nSPS) is 14.4. The SMILES string of the molecule is C.C.C.C.CC(=O)c1ccc(Cc2ccccc2C)o1.CC1(c2ccco2)OCCO1.COC(=O)C(=O)C=C(O)c1ccc(Cc2ccccc2C)o1.Cc1ccccc1C(O)c1ccc(C2(C)OCCO2)o1.Cc1ccccc1Cc1ccc(C(=O)C2=C(O)C(=O)N(C(C)C)C2)o1. The molecule has 98 heavy (non-hydrogen) atoms. The summed E-state index contributed by atoms with van der Waals surface area (Å²) >= 11 is 0. The number of Topliss-reactive ketones (excluding diaryl/α,β-unsaturated/α-hetero) is 2. The van der Waals surface area contributed by atoms with Crippen LogP contribution in [0.5, 0.6) is 0 Å². The molecule has 19 heteroatoms. The van der Waals surface area contributed by atoms with Crippen LogP contribution in [0.3, 0.4) is 0 Å². The Hall–Kier alpha value is -9.89. The molecule has 5 aromatic heterocycles. The van der Waals surface area contributed by atoms with Gasteiger partial charge in [-0.05, 0) is 161 Å². The number of benzene rings is 4. The van der Waals surface area contributed by atoms with Gasteiger partial charge in [0, 0.05) is 38.3 Å². The largest absolute Gasteiger partial charge is 0.504 e. The first-order chi connectivity index (χ1) is 45.0. The number of methoxy groups -OCH3 is 1. The molecule has 0 bridgehead atoms. The number of aliphatic hydroxyl groups is 3. The molecular weight excluding hydrogens is 1250 g/mol. The minimum Gasteiger partial charge on any atom is -0.504 e. The molecule has 12 rings (SSSR count). The molecule has 2 saturated heterocycles. The van der Waals surface area contributed by atoms with Crippen molar-refractivity contribution < 1.29 is 85.1 Å². The van der Waals surface area contributed by atoms with E-state index in [0.717, 1.165) is 64.5 Å². The quantitative estimate of drug-likeness (QED) is 0.0251. The summed E-state index contributed by atoms with van der Waals surface area (Å²) < 4.78 is 53.6. The lowest BCUT2D eigenvalue weighted by molar-refractivity contribution is -0.163. The zero-order chi connectivity index (χ0) is 67.7. The Morgan fingerprint density at radius 1 is 0.561 bits per heavy atom. The van der Waals surface area contributed by atoms with Crippen molar-refractivity contribution in [3.63, 3.8) is 0 Å². The fraction of sp³-hybridized carbons (Fsp3) is 0.329. The molecule has 4 aromatic carbocycles. The van der Waals surface area contributed by atoms with Crippen molar-refractivity contribution in [1.29, 1.82) is 0 Å². The molecule has 3 aliphatic heterocycles. The van der Waals surface area contributed by atoms with Crippen LogP contribution in [-0.4, -0.2) is 95.6 Å². The van der Waals surface area contributed by atoms with Gasteiger partial charge in [0.1, 0.15) is 29.1 Å². The second-order valence-corrected chi connectivity index (χ2v) is 23.0. The number of carbonyl (C=O) groups is 5. The van der Waals surface area contributed by atoms with Gasteiger partial charge in [-0.2, -0.15) is 0 Å². The predicted molar refractivity (Wildman–Crippen MR) is 375 cm³/mol. The lowest BCUT2D eigenvalue weighted by Crippen LogP contribution is -2.34. The van der Waals surface area contributed by atoms with E-state index in [9.17, 15) is 39.3 Å². The molecule has 9 aromatic rings. The van der Waals surface area contributed by atoms with Crippen LogP contribution in [0.15, 0.2) is 203 Å². The molecular formula is C79H95NO18. The molecule has 3 aliphatic rings. The van der Waals surface area contributed by atoms with Crippen molar-refractivity contribution in [3.8, 4) is 0 Å². The van der Waals surface area contributed by atoms with Crippen LogP contribution in [-0.2, 0) is 68.9 Å². The van der Waals surface area contributed by atoms with E-state index in [0.29, 0.717) is 68.1 Å². The minimum absolute atomic E-state index is 0. The molecule has 524 valence electrons. The maximum absolute atomic E-state index is 12.6. The molecule has 1 atom stereocenters. The predicted octanol–water partition coefficient (Wildman–Crippen LogP) is 16.6. The molecule has 8 heterocycles. The Balaban J connectivity index is 0.000000263. The molecule has 3 N–H and O–H groups in total. The molecule has 1 amide bonds. The summed E-state index contributed by atoms with van der Waals surface area (Å²) in [7, 11) is 1.10. The highest BCUT2D eigenvalue weighted by Crippen LogP contribution is 2.36. The topological polar surface area (TPSA) is 261 Å². The third-order valence-corrected chi connectivity index (χ3v) is 15.8. The third-order valence-electron chi connectivity index (χ3n) is 15.8. The fourth-order valence-electron chi connectivity index (χ4n) is 10.2. The number of aryl methyl sites for hydroxylation is 4. The first-order valence-electron chi connectivity index (χ1n) is 30.6. The number of esters is 1. The standard InChI is InChI=1S/C20H21NO4.C17H16O5.C16H18O4.C14H14O2.C8H10O3.4CH4/c1-12(2)21-11-16(19(23)20(21)24)18(22)17-9-8-15(25-17)10-14-7-5-4-6-13(14)3;1-11-5-3-4-6-12(11)9-13-7-8-16(22-13)14(18)10-15(19)17(20)21-2;1-11-5-3-4-6-12(11)15(17)13-7-8-14(20-13)16(2)18-9-10-19-16;1-10-5-3-4-6-12(10)9-13-7-8-14(16-13)11(2)15;1-8(10-5-6-11-8)7-3-2-4-9-7;;;;/h4-9,12,23H,10-11H2,1-3H3;3-8,10,18H,9H2,1-2H3;3-8,15,17H,9-10H2,1-2H3;3-8H,9H2,1-2H3;2-4H,5-6H2,1H3;4*1H4. The summed E-state index contributed by atoms with van der Waals surface area (Å²) in [5.41, 5.74) is 8.95. The van der Waals surface area contributed by atoms with Crippen LogP contribution in [0.4, 0.5) is 0 Å². The second kappa shape index (κ2) is 37.0. The summed E-state index contributed by atoms with van der Waals surface area (Å²) in [4.78, 5) is 59.5. The number of nitrogens with zero attached hydrogens (tertiary/aromatic N) is 1. The lowest BCUT2D eigenvalue weighted by Gasteiger charge is -2.20. The molecule has 0 radical (unpaired) electrons. The Labute approximate surface area is 575 Å². The number of amides is 1. The molecule has 19 nitrogen and oxygen atoms in total. The first kappa shape index (κ1) is 80.5. The number of rotatable bonds is 17. The molecule has 2 fully saturated rings. The van der Waals surface area contributed by atoms with Gasteiger partial charge < -0.3 is 66.0 Å². The van der Waals surface area contributed by atoms with Crippen molar-refractivity contribution >= 4 is 35.0 Å². The van der Waals surface area contributed by atoms with Gasteiger partial charge in [-0.3, -0.25) is 19.2 Å². The zero-order valence-corrected chi connectivity index (χ0v) is 54.4. The zero-order valence-electron chi connectivity index (χ0n) is 54.4. The van der Waals surface area contributed by atoms with Gasteiger partial charge in [0.15, 0.2) is 46.1 Å². The highest BCUT2D eigenvalue weighted by Gasteiger charge is 2.39. The van der Waals surface area contributed by atoms with Crippen molar-refractivity contribution in [2.45, 2.75) is 135 Å². The molecule has 0 saturated carbocycles. The van der Waals surface area contributed by atoms with Crippen molar-refractivity contribution in [1.82, 2.24) is 4.90 Å². The number of ketones is 3. The average molecular weight is 1350 g/mol. The third kappa shape index (κ3) is 20.8. The van der Waals surface area contributed by atoms with Gasteiger partial charge in [0.25, 0.3) is 11.7 Å². The van der Waals surface area contributed by atoms with E-state index in [4.69, 9.17) is 41.0 Å². The smallest absolute Gasteiger partial charge is 0.378 e. The van der Waals surface area contributed by atoms with Crippen molar-refractivity contribution in [2.75, 3.05) is 40.1 Å². The lowest BCUT2D eigenvalue weighted by atomic mass is 10.0.